The molecule has 0 saturated heterocycles. The molecule has 260 valence electrons. The summed E-state index contributed by atoms with van der Waals surface area (Å²) in [5.74, 6) is 1.56. The number of unbranched alkanes of at least 4 members (excludes halogenated alkanes) is 2. The Labute approximate surface area is 305 Å². The topological polar surface area (TPSA) is 27.7 Å². The van der Waals surface area contributed by atoms with E-state index in [0.29, 0.717) is 0 Å². The van der Waals surface area contributed by atoms with Crippen LogP contribution in [0.15, 0.2) is 158 Å². The normalized spacial score (nSPS) is 12.1. The van der Waals surface area contributed by atoms with E-state index in [2.05, 4.69) is 185 Å². The zero-order chi connectivity index (χ0) is 35.5. The maximum absolute atomic E-state index is 8.04. The summed E-state index contributed by atoms with van der Waals surface area (Å²) in [4.78, 5) is 0. The molecule has 0 fully saturated rings. The van der Waals surface area contributed by atoms with Crippen molar-refractivity contribution < 1.29 is 13.7 Å². The third-order valence-electron chi connectivity index (χ3n) is 9.77. The third-order valence-corrected chi connectivity index (χ3v) is 15.5. The SMILES string of the molecule is CCCCc1cc(C)ccc1OB(Oc1ccc(C)cc1CCCC)OP(c1ccccc1)(c1ccccc1)(c1ccccc1)c1ccccc1. The van der Waals surface area contributed by atoms with E-state index in [0.717, 1.165) is 82.4 Å². The first kappa shape index (κ1) is 36.2. The molecule has 0 saturated carbocycles. The first-order chi connectivity index (χ1) is 25.0. The van der Waals surface area contributed by atoms with Crippen LogP contribution in [0.3, 0.4) is 0 Å². The van der Waals surface area contributed by atoms with E-state index in [1.807, 2.05) is 0 Å². The Morgan fingerprint density at radius 2 is 0.784 bits per heavy atom. The van der Waals surface area contributed by atoms with Crippen molar-refractivity contribution in [2.75, 3.05) is 0 Å². The average Bonchev–Trinajstić information content (AvgIpc) is 3.18. The summed E-state index contributed by atoms with van der Waals surface area (Å²) in [6.45, 7) is 4.60. The van der Waals surface area contributed by atoms with E-state index in [1.54, 1.807) is 0 Å². The molecule has 6 aromatic rings. The Hall–Kier alpha value is -4.63. The van der Waals surface area contributed by atoms with Crippen molar-refractivity contribution in [1.82, 2.24) is 0 Å². The van der Waals surface area contributed by atoms with Crippen LogP contribution in [0.1, 0.15) is 61.8 Å². The number of hydrogen-bond acceptors (Lipinski definition) is 3. The van der Waals surface area contributed by atoms with E-state index in [-0.39, 0.29) is 0 Å². The van der Waals surface area contributed by atoms with Crippen molar-refractivity contribution in [3.8, 4) is 11.5 Å². The van der Waals surface area contributed by atoms with E-state index in [4.69, 9.17) is 13.7 Å². The molecule has 0 aromatic heterocycles. The van der Waals surface area contributed by atoms with Crippen LogP contribution in [0.4, 0.5) is 0 Å². The van der Waals surface area contributed by atoms with E-state index >= 15 is 0 Å². The monoisotopic (exact) mass is 692 g/mol. The second-order valence-corrected chi connectivity index (χ2v) is 17.8. The third kappa shape index (κ3) is 7.40. The first-order valence-corrected chi connectivity index (χ1v) is 20.6. The van der Waals surface area contributed by atoms with Gasteiger partial charge in [0.25, 0.3) is 0 Å². The van der Waals surface area contributed by atoms with Gasteiger partial charge in [-0.15, -0.1) is 0 Å². The molecule has 6 aromatic carbocycles. The molecule has 5 heteroatoms. The second-order valence-electron chi connectivity index (χ2n) is 13.4. The van der Waals surface area contributed by atoms with Crippen LogP contribution < -0.4 is 30.5 Å². The molecule has 0 aliphatic carbocycles. The van der Waals surface area contributed by atoms with Gasteiger partial charge in [0, 0.05) is 0 Å². The van der Waals surface area contributed by atoms with Gasteiger partial charge in [0.1, 0.15) is 0 Å². The van der Waals surface area contributed by atoms with Crippen molar-refractivity contribution >= 4 is 35.4 Å². The fraction of sp³-hybridized carbons (Fsp3) is 0.217. The second kappa shape index (κ2) is 16.6. The minimum atomic E-state index is -4.12. The summed E-state index contributed by atoms with van der Waals surface area (Å²) < 4.78 is 22.3. The summed E-state index contributed by atoms with van der Waals surface area (Å²) in [5.41, 5.74) is 4.72. The van der Waals surface area contributed by atoms with Crippen LogP contribution in [0.25, 0.3) is 0 Å². The molecule has 0 atom stereocenters. The summed E-state index contributed by atoms with van der Waals surface area (Å²) >= 11 is 0. The number of hydrogen-bond donors (Lipinski definition) is 0. The van der Waals surface area contributed by atoms with Crippen molar-refractivity contribution in [2.24, 2.45) is 0 Å². The Bertz CT molecular complexity index is 1760. The Kier molecular flexibility index (Phi) is 11.8. The van der Waals surface area contributed by atoms with Gasteiger partial charge in [-0.1, -0.05) is 0 Å². The average molecular weight is 693 g/mol. The van der Waals surface area contributed by atoms with Crippen LogP contribution in [0.5, 0.6) is 11.5 Å². The van der Waals surface area contributed by atoms with Crippen LogP contribution in [-0.4, -0.2) is 7.32 Å². The predicted molar refractivity (Wildman–Crippen MR) is 219 cm³/mol. The molecule has 0 spiro atoms. The molecule has 0 unspecified atom stereocenters. The van der Waals surface area contributed by atoms with Gasteiger partial charge < -0.3 is 0 Å². The van der Waals surface area contributed by atoms with Gasteiger partial charge >= 0.3 is 307 Å². The van der Waals surface area contributed by atoms with Crippen LogP contribution in [0.2, 0.25) is 0 Å². The fourth-order valence-electron chi connectivity index (χ4n) is 7.21. The number of rotatable bonds is 16. The Balaban J connectivity index is 1.67. The first-order valence-electron chi connectivity index (χ1n) is 18.4. The van der Waals surface area contributed by atoms with E-state index in [9.17, 15) is 0 Å². The van der Waals surface area contributed by atoms with Crippen molar-refractivity contribution in [3.63, 3.8) is 0 Å². The van der Waals surface area contributed by atoms with Crippen molar-refractivity contribution in [2.45, 2.75) is 66.2 Å². The number of aryl methyl sites for hydroxylation is 4. The summed E-state index contributed by atoms with van der Waals surface area (Å²) in [7, 11) is -1.12. The van der Waals surface area contributed by atoms with Gasteiger partial charge in [-0.3, -0.25) is 0 Å². The van der Waals surface area contributed by atoms with Gasteiger partial charge in [-0.2, -0.15) is 0 Å². The van der Waals surface area contributed by atoms with Crippen LogP contribution in [0, 0.1) is 13.8 Å². The van der Waals surface area contributed by atoms with E-state index < -0.39 is 14.2 Å². The van der Waals surface area contributed by atoms with Gasteiger partial charge in [-0.05, 0) is 0 Å². The molecule has 6 rings (SSSR count). The van der Waals surface area contributed by atoms with Crippen LogP contribution in [-0.2, 0) is 17.3 Å². The van der Waals surface area contributed by atoms with Crippen molar-refractivity contribution in [1.29, 1.82) is 0 Å². The fourth-order valence-corrected chi connectivity index (χ4v) is 12.9. The summed E-state index contributed by atoms with van der Waals surface area (Å²) in [6, 6.07) is 55.7. The molecule has 0 N–H and O–H groups in total. The molecular weight excluding hydrogens is 642 g/mol. The van der Waals surface area contributed by atoms with Gasteiger partial charge in [0.05, 0.1) is 0 Å². The zero-order valence-electron chi connectivity index (χ0n) is 30.5. The van der Waals surface area contributed by atoms with Crippen LogP contribution >= 0.6 is 6.83 Å². The quantitative estimate of drug-likeness (QED) is 0.0747. The maximum atomic E-state index is 8.04. The standard InChI is InChI=1S/C46H50BO3P/c1-5-7-21-39-35-37(3)31-33-45(39)48-47(49-46-34-32-38(4)36-40(46)22-8-6-2)50-51(41-23-13-9-14-24-41,42-25-15-10-16-26-42,43-27-17-11-18-28-43)44-29-19-12-20-30-44/h9-20,23-36H,5-8,21-22H2,1-4H3. The summed E-state index contributed by atoms with van der Waals surface area (Å²) in [6.07, 6.45) is 6.12. The number of benzene rings is 6. The van der Waals surface area contributed by atoms with Crippen molar-refractivity contribution in [3.05, 3.63) is 180 Å². The van der Waals surface area contributed by atoms with Gasteiger partial charge in [0.2, 0.25) is 0 Å². The molecule has 0 heterocycles. The molecule has 0 aliphatic heterocycles. The molecule has 51 heavy (non-hydrogen) atoms. The zero-order valence-corrected chi connectivity index (χ0v) is 31.4. The molecule has 0 bridgehead atoms. The molecule has 3 nitrogen and oxygen atoms in total. The van der Waals surface area contributed by atoms with Gasteiger partial charge in [-0.25, -0.2) is 0 Å². The van der Waals surface area contributed by atoms with Gasteiger partial charge in [0.15, 0.2) is 0 Å². The molecular formula is C46H50BO3P. The molecule has 0 aliphatic rings. The Morgan fingerprint density at radius 3 is 1.10 bits per heavy atom. The predicted octanol–water partition coefficient (Wildman–Crippen LogP) is 10.2. The van der Waals surface area contributed by atoms with E-state index in [1.165, 1.54) is 11.1 Å². The Morgan fingerprint density at radius 1 is 0.451 bits per heavy atom. The minimum absolute atomic E-state index is 0.778. The molecule has 0 radical (unpaired) electrons. The molecule has 0 amide bonds. The summed E-state index contributed by atoms with van der Waals surface area (Å²) in [5, 5.41) is 4.26.